The average molecular weight is 277 g/mol. The van der Waals surface area contributed by atoms with E-state index in [2.05, 4.69) is 10.3 Å². The number of nitrogens with one attached hydrogen (secondary N) is 1. The number of rotatable bonds is 3. The lowest BCUT2D eigenvalue weighted by atomic mass is 10.2. The summed E-state index contributed by atoms with van der Waals surface area (Å²) in [6.45, 7) is 5.75. The lowest BCUT2D eigenvalue weighted by Gasteiger charge is -2.19. The maximum Gasteiger partial charge on any atom is 0.408 e. The van der Waals surface area contributed by atoms with Gasteiger partial charge in [0, 0.05) is 0 Å². The van der Waals surface area contributed by atoms with Crippen molar-refractivity contribution in [3.63, 3.8) is 0 Å². The van der Waals surface area contributed by atoms with Crippen LogP contribution in [0.2, 0.25) is 0 Å². The fourth-order valence-electron chi connectivity index (χ4n) is 1.74. The lowest BCUT2D eigenvalue weighted by Crippen LogP contribution is -2.32. The zero-order chi connectivity index (χ0) is 14.8. The van der Waals surface area contributed by atoms with Crippen molar-refractivity contribution in [1.29, 1.82) is 0 Å². The highest BCUT2D eigenvalue weighted by atomic mass is 16.6. The van der Waals surface area contributed by atoms with Crippen molar-refractivity contribution < 1.29 is 14.3 Å². The second-order valence-electron chi connectivity index (χ2n) is 5.39. The fourth-order valence-corrected chi connectivity index (χ4v) is 1.74. The summed E-state index contributed by atoms with van der Waals surface area (Å²) in [5.41, 5.74) is 0.425. The first-order valence-electron chi connectivity index (χ1n) is 6.36. The number of ether oxygens (including phenoxy) is 2. The molecule has 0 aliphatic carbocycles. The van der Waals surface area contributed by atoms with Crippen LogP contribution in [0.3, 0.4) is 0 Å². The van der Waals surface area contributed by atoms with Gasteiger partial charge in [-0.3, -0.25) is 4.40 Å². The van der Waals surface area contributed by atoms with Crippen molar-refractivity contribution in [1.82, 2.24) is 14.7 Å². The minimum absolute atomic E-state index is 0.288. The highest BCUT2D eigenvalue weighted by Gasteiger charge is 2.16. The number of hydrogen-bond donors (Lipinski definition) is 1. The number of pyridine rings is 1. The van der Waals surface area contributed by atoms with Gasteiger partial charge in [0.25, 0.3) is 0 Å². The summed E-state index contributed by atoms with van der Waals surface area (Å²) in [6.07, 6.45) is 3.11. The van der Waals surface area contributed by atoms with Gasteiger partial charge < -0.3 is 14.8 Å². The Morgan fingerprint density at radius 2 is 2.15 bits per heavy atom. The highest BCUT2D eigenvalue weighted by Crippen LogP contribution is 2.14. The summed E-state index contributed by atoms with van der Waals surface area (Å²) >= 11 is 0. The van der Waals surface area contributed by atoms with Gasteiger partial charge >= 0.3 is 6.09 Å². The summed E-state index contributed by atoms with van der Waals surface area (Å²) in [5.74, 6) is 1.44. The van der Waals surface area contributed by atoms with Crippen LogP contribution in [0.25, 0.3) is 5.52 Å². The molecule has 0 saturated carbocycles. The van der Waals surface area contributed by atoms with E-state index in [9.17, 15) is 4.79 Å². The minimum atomic E-state index is -0.512. The highest BCUT2D eigenvalue weighted by molar-refractivity contribution is 5.67. The zero-order valence-corrected chi connectivity index (χ0v) is 12.1. The third-order valence-electron chi connectivity index (χ3n) is 2.60. The SMILES string of the molecule is COc1ccc2cnc(CNC(=O)OC(C)(C)C)n2c1. The van der Waals surface area contributed by atoms with Crippen LogP contribution in [0.4, 0.5) is 4.79 Å². The standard InChI is InChI=1S/C14H19N3O3/c1-14(2,3)20-13(18)16-8-12-15-7-10-5-6-11(19-4)9-17(10)12/h5-7,9H,8H2,1-4H3,(H,16,18). The number of hydrogen-bond acceptors (Lipinski definition) is 4. The van der Waals surface area contributed by atoms with Crippen molar-refractivity contribution in [2.24, 2.45) is 0 Å². The maximum atomic E-state index is 11.6. The van der Waals surface area contributed by atoms with Crippen LogP contribution in [0.5, 0.6) is 5.75 Å². The van der Waals surface area contributed by atoms with Crippen molar-refractivity contribution in [2.75, 3.05) is 7.11 Å². The van der Waals surface area contributed by atoms with Crippen LogP contribution >= 0.6 is 0 Å². The number of imidazole rings is 1. The molecule has 0 fully saturated rings. The molecule has 2 aromatic rings. The summed E-state index contributed by atoms with van der Waals surface area (Å²) in [6, 6.07) is 3.77. The van der Waals surface area contributed by atoms with Crippen molar-refractivity contribution in [3.05, 3.63) is 30.4 Å². The van der Waals surface area contributed by atoms with Gasteiger partial charge in [-0.1, -0.05) is 0 Å². The maximum absolute atomic E-state index is 11.6. The predicted octanol–water partition coefficient (Wildman–Crippen LogP) is 2.37. The molecule has 0 unspecified atom stereocenters. The van der Waals surface area contributed by atoms with Crippen LogP contribution in [0.15, 0.2) is 24.5 Å². The number of amides is 1. The molecule has 0 spiro atoms. The van der Waals surface area contributed by atoms with Gasteiger partial charge in [0.05, 0.1) is 31.6 Å². The number of alkyl carbamates (subject to hydrolysis) is 1. The van der Waals surface area contributed by atoms with Crippen LogP contribution in [0.1, 0.15) is 26.6 Å². The molecule has 2 aromatic heterocycles. The predicted molar refractivity (Wildman–Crippen MR) is 74.8 cm³/mol. The van der Waals surface area contributed by atoms with E-state index in [1.165, 1.54) is 0 Å². The minimum Gasteiger partial charge on any atom is -0.495 e. The Labute approximate surface area is 117 Å². The van der Waals surface area contributed by atoms with E-state index in [0.717, 1.165) is 11.3 Å². The van der Waals surface area contributed by atoms with Gasteiger partial charge in [0.2, 0.25) is 0 Å². The van der Waals surface area contributed by atoms with Gasteiger partial charge in [-0.05, 0) is 32.9 Å². The van der Waals surface area contributed by atoms with Crippen molar-refractivity contribution in [2.45, 2.75) is 32.9 Å². The quantitative estimate of drug-likeness (QED) is 0.935. The topological polar surface area (TPSA) is 64.9 Å². The van der Waals surface area contributed by atoms with E-state index in [0.29, 0.717) is 5.82 Å². The molecule has 0 atom stereocenters. The van der Waals surface area contributed by atoms with Crippen LogP contribution in [-0.4, -0.2) is 28.2 Å². The van der Waals surface area contributed by atoms with E-state index < -0.39 is 11.7 Å². The Bertz CT molecular complexity index is 614. The Kier molecular flexibility index (Phi) is 3.83. The molecular weight excluding hydrogens is 258 g/mol. The molecule has 20 heavy (non-hydrogen) atoms. The molecule has 0 aliphatic heterocycles. The number of carbonyl (C=O) groups excluding carboxylic acids is 1. The number of methoxy groups -OCH3 is 1. The molecule has 6 heteroatoms. The first-order chi connectivity index (χ1) is 9.39. The number of carbonyl (C=O) groups is 1. The number of fused-ring (bicyclic) bond motifs is 1. The van der Waals surface area contributed by atoms with E-state index in [1.807, 2.05) is 43.5 Å². The van der Waals surface area contributed by atoms with E-state index in [-0.39, 0.29) is 6.54 Å². The first-order valence-corrected chi connectivity index (χ1v) is 6.36. The number of aromatic nitrogens is 2. The Morgan fingerprint density at radius 1 is 1.40 bits per heavy atom. The van der Waals surface area contributed by atoms with Crippen LogP contribution < -0.4 is 10.1 Å². The summed E-state index contributed by atoms with van der Waals surface area (Å²) in [5, 5.41) is 2.69. The van der Waals surface area contributed by atoms with Crippen LogP contribution in [-0.2, 0) is 11.3 Å². The van der Waals surface area contributed by atoms with E-state index in [4.69, 9.17) is 9.47 Å². The second kappa shape index (κ2) is 5.40. The molecule has 108 valence electrons. The van der Waals surface area contributed by atoms with Gasteiger partial charge in [0.15, 0.2) is 0 Å². The van der Waals surface area contributed by atoms with E-state index >= 15 is 0 Å². The van der Waals surface area contributed by atoms with Gasteiger partial charge in [-0.25, -0.2) is 9.78 Å². The average Bonchev–Trinajstić information content (AvgIpc) is 2.76. The fraction of sp³-hybridized carbons (Fsp3) is 0.429. The molecule has 0 saturated heterocycles. The summed E-state index contributed by atoms with van der Waals surface area (Å²) < 4.78 is 12.2. The Hall–Kier alpha value is -2.24. The van der Waals surface area contributed by atoms with Crippen molar-refractivity contribution in [3.8, 4) is 5.75 Å². The molecule has 0 radical (unpaired) electrons. The summed E-state index contributed by atoms with van der Waals surface area (Å²) in [4.78, 5) is 15.9. The molecule has 0 aromatic carbocycles. The molecule has 0 bridgehead atoms. The monoisotopic (exact) mass is 277 g/mol. The zero-order valence-electron chi connectivity index (χ0n) is 12.1. The molecular formula is C14H19N3O3. The second-order valence-corrected chi connectivity index (χ2v) is 5.39. The molecule has 2 heterocycles. The largest absolute Gasteiger partial charge is 0.495 e. The molecule has 6 nitrogen and oxygen atoms in total. The Balaban J connectivity index is 2.08. The smallest absolute Gasteiger partial charge is 0.408 e. The van der Waals surface area contributed by atoms with Crippen molar-refractivity contribution >= 4 is 11.6 Å². The normalized spacial score (nSPS) is 11.4. The molecule has 2 rings (SSSR count). The van der Waals surface area contributed by atoms with Gasteiger partial charge in [-0.2, -0.15) is 0 Å². The molecule has 1 N–H and O–H groups in total. The first kappa shape index (κ1) is 14.2. The summed E-state index contributed by atoms with van der Waals surface area (Å²) in [7, 11) is 1.61. The van der Waals surface area contributed by atoms with Crippen LogP contribution in [0, 0.1) is 0 Å². The third-order valence-corrected chi connectivity index (χ3v) is 2.60. The van der Waals surface area contributed by atoms with Gasteiger partial charge in [0.1, 0.15) is 17.2 Å². The van der Waals surface area contributed by atoms with Gasteiger partial charge in [-0.15, -0.1) is 0 Å². The lowest BCUT2D eigenvalue weighted by molar-refractivity contribution is 0.0522. The Morgan fingerprint density at radius 3 is 2.80 bits per heavy atom. The molecule has 0 aliphatic rings. The van der Waals surface area contributed by atoms with E-state index in [1.54, 1.807) is 13.3 Å². The number of nitrogens with zero attached hydrogens (tertiary/aromatic N) is 2. The third kappa shape index (κ3) is 3.40. The molecule has 1 amide bonds.